The van der Waals surface area contributed by atoms with Crippen LogP contribution in [0.4, 0.5) is 5.69 Å². The molecule has 1 unspecified atom stereocenters. The third-order valence-corrected chi connectivity index (χ3v) is 3.66. The lowest BCUT2D eigenvalue weighted by atomic mass is 9.86. The average molecular weight is 317 g/mol. The van der Waals surface area contributed by atoms with E-state index in [-0.39, 0.29) is 17.0 Å². The summed E-state index contributed by atoms with van der Waals surface area (Å²) in [6.07, 6.45) is 1.66. The van der Waals surface area contributed by atoms with Crippen molar-refractivity contribution in [2.24, 2.45) is 11.1 Å². The maximum absolute atomic E-state index is 11.9. The highest BCUT2D eigenvalue weighted by atomic mass is 79.9. The van der Waals surface area contributed by atoms with Crippen molar-refractivity contribution in [3.63, 3.8) is 0 Å². The van der Waals surface area contributed by atoms with Gasteiger partial charge in [-0.3, -0.25) is 4.79 Å². The van der Waals surface area contributed by atoms with E-state index in [4.69, 9.17) is 5.73 Å². The molecule has 1 aromatic heterocycles. The van der Waals surface area contributed by atoms with Gasteiger partial charge in [0, 0.05) is 19.1 Å². The van der Waals surface area contributed by atoms with Crippen molar-refractivity contribution in [3.8, 4) is 0 Å². The molecule has 0 saturated heterocycles. The fourth-order valence-corrected chi connectivity index (χ4v) is 2.03. The molecule has 0 amide bonds. The van der Waals surface area contributed by atoms with Gasteiger partial charge in [-0.15, -0.1) is 0 Å². The molecule has 0 aliphatic rings. The van der Waals surface area contributed by atoms with Crippen LogP contribution in [-0.2, 0) is 6.54 Å². The average Bonchev–Trinajstić information content (AvgIpc) is 2.29. The van der Waals surface area contributed by atoms with Gasteiger partial charge in [0.25, 0.3) is 5.56 Å². The Morgan fingerprint density at radius 2 is 2.17 bits per heavy atom. The van der Waals surface area contributed by atoms with Crippen LogP contribution in [0.25, 0.3) is 0 Å². The molecule has 1 atom stereocenters. The smallest absolute Gasteiger partial charge is 0.283 e. The molecule has 0 fully saturated rings. The lowest BCUT2D eigenvalue weighted by Crippen LogP contribution is -2.41. The molecule has 1 heterocycles. The van der Waals surface area contributed by atoms with Crippen LogP contribution >= 0.6 is 15.9 Å². The molecule has 3 N–H and O–H groups in total. The minimum atomic E-state index is -0.132. The SMILES string of the molecule is CCn1ncc(NC(CN)C(C)(C)C)c(Br)c1=O. The Hall–Kier alpha value is -0.880. The van der Waals surface area contributed by atoms with Crippen molar-refractivity contribution < 1.29 is 0 Å². The number of hydrogen-bond acceptors (Lipinski definition) is 4. The highest BCUT2D eigenvalue weighted by Gasteiger charge is 2.24. The van der Waals surface area contributed by atoms with Gasteiger partial charge in [-0.1, -0.05) is 20.8 Å². The van der Waals surface area contributed by atoms with Crippen molar-refractivity contribution >= 4 is 21.6 Å². The molecule has 18 heavy (non-hydrogen) atoms. The largest absolute Gasteiger partial charge is 0.378 e. The Labute approximate surface area is 116 Å². The maximum atomic E-state index is 11.9. The molecule has 0 aromatic carbocycles. The van der Waals surface area contributed by atoms with Gasteiger partial charge in [0.15, 0.2) is 0 Å². The second kappa shape index (κ2) is 5.84. The van der Waals surface area contributed by atoms with Gasteiger partial charge in [-0.25, -0.2) is 4.68 Å². The Morgan fingerprint density at radius 1 is 1.56 bits per heavy atom. The van der Waals surface area contributed by atoms with Crippen LogP contribution in [0.5, 0.6) is 0 Å². The molecule has 5 nitrogen and oxygen atoms in total. The number of rotatable bonds is 4. The minimum absolute atomic E-state index is 0.00775. The quantitative estimate of drug-likeness (QED) is 0.888. The summed E-state index contributed by atoms with van der Waals surface area (Å²) >= 11 is 3.32. The first kappa shape index (κ1) is 15.2. The summed E-state index contributed by atoms with van der Waals surface area (Å²) in [5.41, 5.74) is 6.33. The van der Waals surface area contributed by atoms with E-state index in [1.54, 1.807) is 6.20 Å². The van der Waals surface area contributed by atoms with Crippen LogP contribution in [0, 0.1) is 5.41 Å². The second-order valence-electron chi connectivity index (χ2n) is 5.29. The van der Waals surface area contributed by atoms with Gasteiger partial charge in [-0.05, 0) is 28.3 Å². The molecular weight excluding hydrogens is 296 g/mol. The summed E-state index contributed by atoms with van der Waals surface area (Å²) in [6.45, 7) is 9.24. The molecule has 1 aromatic rings. The van der Waals surface area contributed by atoms with Crippen molar-refractivity contribution in [1.29, 1.82) is 0 Å². The van der Waals surface area contributed by atoms with E-state index in [0.29, 0.717) is 23.2 Å². The Balaban J connectivity index is 3.06. The predicted molar refractivity (Wildman–Crippen MR) is 77.8 cm³/mol. The number of anilines is 1. The van der Waals surface area contributed by atoms with Crippen LogP contribution in [0.3, 0.4) is 0 Å². The first-order valence-corrected chi connectivity index (χ1v) is 6.82. The lowest BCUT2D eigenvalue weighted by molar-refractivity contribution is 0.345. The molecule has 0 radical (unpaired) electrons. The zero-order chi connectivity index (χ0) is 13.9. The van der Waals surface area contributed by atoms with Crippen LogP contribution < -0.4 is 16.6 Å². The molecule has 0 aliphatic carbocycles. The maximum Gasteiger partial charge on any atom is 0.283 e. The normalized spacial score (nSPS) is 13.4. The van der Waals surface area contributed by atoms with Crippen LogP contribution in [0.1, 0.15) is 27.7 Å². The number of aryl methyl sites for hydroxylation is 1. The van der Waals surface area contributed by atoms with Gasteiger partial charge >= 0.3 is 0 Å². The first-order chi connectivity index (χ1) is 8.31. The molecule has 1 rings (SSSR count). The van der Waals surface area contributed by atoms with Crippen LogP contribution in [0.15, 0.2) is 15.5 Å². The molecule has 0 aliphatic heterocycles. The molecule has 102 valence electrons. The van der Waals surface area contributed by atoms with E-state index in [2.05, 4.69) is 47.1 Å². The van der Waals surface area contributed by atoms with E-state index in [1.165, 1.54) is 4.68 Å². The fraction of sp³-hybridized carbons (Fsp3) is 0.667. The summed E-state index contributed by atoms with van der Waals surface area (Å²) in [6, 6.07) is 0.0764. The number of nitrogens with one attached hydrogen (secondary N) is 1. The van der Waals surface area contributed by atoms with Crippen molar-refractivity contribution in [1.82, 2.24) is 9.78 Å². The van der Waals surface area contributed by atoms with Crippen molar-refractivity contribution in [2.75, 3.05) is 11.9 Å². The summed E-state index contributed by atoms with van der Waals surface area (Å²) in [5, 5.41) is 7.38. The number of hydrogen-bond donors (Lipinski definition) is 2. The molecule has 0 spiro atoms. The second-order valence-corrected chi connectivity index (χ2v) is 6.08. The van der Waals surface area contributed by atoms with Crippen molar-refractivity contribution in [3.05, 3.63) is 21.0 Å². The van der Waals surface area contributed by atoms with E-state index in [0.717, 1.165) is 0 Å². The van der Waals surface area contributed by atoms with Gasteiger partial charge in [0.1, 0.15) is 4.47 Å². The number of halogens is 1. The Morgan fingerprint density at radius 3 is 2.61 bits per heavy atom. The number of nitrogens with two attached hydrogens (primary N) is 1. The first-order valence-electron chi connectivity index (χ1n) is 6.03. The zero-order valence-electron chi connectivity index (χ0n) is 11.3. The summed E-state index contributed by atoms with van der Waals surface area (Å²) in [7, 11) is 0. The highest BCUT2D eigenvalue weighted by molar-refractivity contribution is 9.10. The molecule has 0 bridgehead atoms. The predicted octanol–water partition coefficient (Wildman–Crippen LogP) is 1.81. The highest BCUT2D eigenvalue weighted by Crippen LogP contribution is 2.24. The minimum Gasteiger partial charge on any atom is -0.378 e. The van der Waals surface area contributed by atoms with Crippen LogP contribution in [0.2, 0.25) is 0 Å². The Kier molecular flexibility index (Phi) is 4.92. The monoisotopic (exact) mass is 316 g/mol. The van der Waals surface area contributed by atoms with E-state index in [1.807, 2.05) is 6.92 Å². The van der Waals surface area contributed by atoms with Gasteiger partial charge in [0.2, 0.25) is 0 Å². The van der Waals surface area contributed by atoms with Gasteiger partial charge < -0.3 is 11.1 Å². The molecule has 0 saturated carbocycles. The fourth-order valence-electron chi connectivity index (χ4n) is 1.61. The van der Waals surface area contributed by atoms with E-state index >= 15 is 0 Å². The number of nitrogens with zero attached hydrogens (tertiary/aromatic N) is 2. The van der Waals surface area contributed by atoms with Crippen molar-refractivity contribution in [2.45, 2.75) is 40.3 Å². The summed E-state index contributed by atoms with van der Waals surface area (Å²) in [4.78, 5) is 11.9. The number of aromatic nitrogens is 2. The topological polar surface area (TPSA) is 72.9 Å². The van der Waals surface area contributed by atoms with Gasteiger partial charge in [0.05, 0.1) is 11.9 Å². The summed E-state index contributed by atoms with van der Waals surface area (Å²) in [5.74, 6) is 0. The van der Waals surface area contributed by atoms with E-state index in [9.17, 15) is 4.79 Å². The van der Waals surface area contributed by atoms with Gasteiger partial charge in [-0.2, -0.15) is 5.10 Å². The molecule has 6 heteroatoms. The zero-order valence-corrected chi connectivity index (χ0v) is 12.9. The van der Waals surface area contributed by atoms with E-state index < -0.39 is 0 Å². The summed E-state index contributed by atoms with van der Waals surface area (Å²) < 4.78 is 1.91. The lowest BCUT2D eigenvalue weighted by Gasteiger charge is -2.31. The third kappa shape index (κ3) is 3.32. The Bertz CT molecular complexity index is 464. The third-order valence-electron chi connectivity index (χ3n) is 2.90. The molecular formula is C12H21BrN4O. The standard InChI is InChI=1S/C12H21BrN4O/c1-5-17-11(18)10(13)8(7-15-17)16-9(6-14)12(2,3)4/h7,9,16H,5-6,14H2,1-4H3. The van der Waals surface area contributed by atoms with Crippen LogP contribution in [-0.4, -0.2) is 22.4 Å².